The second-order valence-corrected chi connectivity index (χ2v) is 11.5. The van der Waals surface area contributed by atoms with Crippen LogP contribution < -0.4 is 0 Å². The Labute approximate surface area is 245 Å². The minimum atomic E-state index is 0.459. The van der Waals surface area contributed by atoms with Crippen LogP contribution in [0.4, 0.5) is 0 Å². The number of hydrogen-bond donors (Lipinski definition) is 0. The molecule has 42 heavy (non-hydrogen) atoms. The van der Waals surface area contributed by atoms with E-state index in [0.717, 1.165) is 55.3 Å². The van der Waals surface area contributed by atoms with Gasteiger partial charge in [0.2, 0.25) is 0 Å². The van der Waals surface area contributed by atoms with E-state index in [4.69, 9.17) is 4.42 Å². The van der Waals surface area contributed by atoms with Crippen molar-refractivity contribution < 1.29 is 4.42 Å². The summed E-state index contributed by atoms with van der Waals surface area (Å²) in [5, 5.41) is 24.2. The summed E-state index contributed by atoms with van der Waals surface area (Å²) in [6.45, 7) is 0. The van der Waals surface area contributed by atoms with Crippen molar-refractivity contribution in [3.8, 4) is 45.5 Å². The lowest BCUT2D eigenvalue weighted by atomic mass is 9.86. The van der Waals surface area contributed by atoms with E-state index >= 15 is 0 Å². The van der Waals surface area contributed by atoms with Crippen LogP contribution in [0.2, 0.25) is 0 Å². The second kappa shape index (κ2) is 9.46. The van der Waals surface area contributed by atoms with Gasteiger partial charge in [0, 0.05) is 30.9 Å². The molecule has 0 atom stereocenters. The molecule has 4 heteroatoms. The van der Waals surface area contributed by atoms with Crippen LogP contribution in [0.25, 0.3) is 75.5 Å². The average Bonchev–Trinajstić information content (AvgIpc) is 3.61. The average molecular weight is 553 g/mol. The normalized spacial score (nSPS) is 11.3. The molecule has 6 aromatic carbocycles. The van der Waals surface area contributed by atoms with E-state index in [1.54, 1.807) is 17.4 Å². The van der Waals surface area contributed by atoms with Gasteiger partial charge in [-0.3, -0.25) is 0 Å². The standard InChI is InChI=1S/C38H20N2OS/c39-21-23-16-24(22-40)18-27(17-23)38-28(25-12-14-35-32(19-25)30-6-1-3-10-34(30)41-35)8-5-9-29(38)26-13-15-37-33(20-26)31-7-2-4-11-36(31)42-37/h1-20H. The van der Waals surface area contributed by atoms with Crippen molar-refractivity contribution in [3.05, 3.63) is 132 Å². The lowest BCUT2D eigenvalue weighted by Crippen LogP contribution is -1.92. The van der Waals surface area contributed by atoms with Gasteiger partial charge >= 0.3 is 0 Å². The molecule has 2 heterocycles. The van der Waals surface area contributed by atoms with Gasteiger partial charge in [-0.25, -0.2) is 0 Å². The highest BCUT2D eigenvalue weighted by Crippen LogP contribution is 2.44. The van der Waals surface area contributed by atoms with Gasteiger partial charge in [-0.1, -0.05) is 66.7 Å². The first kappa shape index (κ1) is 24.1. The van der Waals surface area contributed by atoms with E-state index in [-0.39, 0.29) is 0 Å². The maximum absolute atomic E-state index is 9.82. The van der Waals surface area contributed by atoms with E-state index in [1.165, 1.54) is 20.2 Å². The van der Waals surface area contributed by atoms with Gasteiger partial charge in [0.1, 0.15) is 11.2 Å². The summed E-state index contributed by atoms with van der Waals surface area (Å²) < 4.78 is 8.62. The molecule has 0 saturated carbocycles. The Balaban J connectivity index is 1.43. The Morgan fingerprint density at radius 3 is 1.86 bits per heavy atom. The first-order valence-electron chi connectivity index (χ1n) is 13.6. The zero-order chi connectivity index (χ0) is 28.2. The highest BCUT2D eigenvalue weighted by atomic mass is 32.1. The molecule has 0 fully saturated rings. The molecule has 8 aromatic rings. The predicted octanol–water partition coefficient (Wildman–Crippen LogP) is 10.7. The second-order valence-electron chi connectivity index (χ2n) is 10.4. The highest BCUT2D eigenvalue weighted by Gasteiger charge is 2.18. The number of rotatable bonds is 3. The summed E-state index contributed by atoms with van der Waals surface area (Å²) >= 11 is 1.80. The highest BCUT2D eigenvalue weighted by molar-refractivity contribution is 7.25. The van der Waals surface area contributed by atoms with Gasteiger partial charge in [0.15, 0.2) is 0 Å². The number of nitriles is 2. The summed E-state index contributed by atoms with van der Waals surface area (Å²) in [6, 6.07) is 45.7. The summed E-state index contributed by atoms with van der Waals surface area (Å²) in [5.41, 5.74) is 8.62. The Bertz CT molecular complexity index is 2280. The van der Waals surface area contributed by atoms with Crippen LogP contribution in [0.3, 0.4) is 0 Å². The van der Waals surface area contributed by atoms with Crippen LogP contribution in [-0.4, -0.2) is 0 Å². The van der Waals surface area contributed by atoms with Crippen molar-refractivity contribution >= 4 is 53.4 Å². The van der Waals surface area contributed by atoms with Crippen molar-refractivity contribution in [1.82, 2.24) is 0 Å². The summed E-state index contributed by atoms with van der Waals surface area (Å²) in [5.74, 6) is 0. The Hall–Kier alpha value is -5.68. The molecule has 0 radical (unpaired) electrons. The molecule has 8 rings (SSSR count). The van der Waals surface area contributed by atoms with Crippen molar-refractivity contribution in [2.75, 3.05) is 0 Å². The fraction of sp³-hybridized carbons (Fsp3) is 0. The topological polar surface area (TPSA) is 60.7 Å². The van der Waals surface area contributed by atoms with E-state index in [9.17, 15) is 10.5 Å². The molecule has 0 aliphatic carbocycles. The monoisotopic (exact) mass is 552 g/mol. The molecule has 194 valence electrons. The zero-order valence-electron chi connectivity index (χ0n) is 22.3. The van der Waals surface area contributed by atoms with Crippen LogP contribution in [0.15, 0.2) is 126 Å². The largest absolute Gasteiger partial charge is 0.456 e. The molecule has 2 aromatic heterocycles. The summed E-state index contributed by atoms with van der Waals surface area (Å²) in [7, 11) is 0. The van der Waals surface area contributed by atoms with Crippen molar-refractivity contribution in [2.45, 2.75) is 0 Å². The maximum Gasteiger partial charge on any atom is 0.135 e. The number of para-hydroxylation sites is 1. The van der Waals surface area contributed by atoms with Gasteiger partial charge in [0.25, 0.3) is 0 Å². The lowest BCUT2D eigenvalue weighted by molar-refractivity contribution is 0.669. The molecule has 0 N–H and O–H groups in total. The number of benzene rings is 6. The number of furan rings is 1. The summed E-state index contributed by atoms with van der Waals surface area (Å²) in [4.78, 5) is 0. The SMILES string of the molecule is N#Cc1cc(C#N)cc(-c2c(-c3ccc4oc5ccccc5c4c3)cccc2-c2ccc3sc4ccccc4c3c2)c1. The predicted molar refractivity (Wildman–Crippen MR) is 172 cm³/mol. The van der Waals surface area contributed by atoms with Crippen LogP contribution in [0, 0.1) is 22.7 Å². The molecule has 0 spiro atoms. The molecule has 3 nitrogen and oxygen atoms in total. The minimum absolute atomic E-state index is 0.459. The van der Waals surface area contributed by atoms with Crippen molar-refractivity contribution in [1.29, 1.82) is 10.5 Å². The van der Waals surface area contributed by atoms with Crippen LogP contribution >= 0.6 is 11.3 Å². The molecule has 0 amide bonds. The smallest absolute Gasteiger partial charge is 0.135 e. The van der Waals surface area contributed by atoms with Gasteiger partial charge in [-0.15, -0.1) is 11.3 Å². The minimum Gasteiger partial charge on any atom is -0.456 e. The van der Waals surface area contributed by atoms with Crippen molar-refractivity contribution in [2.24, 2.45) is 0 Å². The fourth-order valence-electron chi connectivity index (χ4n) is 6.03. The zero-order valence-corrected chi connectivity index (χ0v) is 23.1. The van der Waals surface area contributed by atoms with Gasteiger partial charge < -0.3 is 4.42 Å². The first-order chi connectivity index (χ1) is 20.7. The molecule has 0 aliphatic heterocycles. The van der Waals surface area contributed by atoms with Crippen molar-refractivity contribution in [3.63, 3.8) is 0 Å². The third-order valence-electron chi connectivity index (χ3n) is 7.92. The number of thiophene rings is 1. The third-order valence-corrected chi connectivity index (χ3v) is 9.07. The molecule has 0 aliphatic rings. The van der Waals surface area contributed by atoms with Crippen LogP contribution in [-0.2, 0) is 0 Å². The number of fused-ring (bicyclic) bond motifs is 6. The Morgan fingerprint density at radius 2 is 1.10 bits per heavy atom. The fourth-order valence-corrected chi connectivity index (χ4v) is 7.12. The molecular formula is C38H20N2OS. The van der Waals surface area contributed by atoms with Gasteiger partial charge in [0.05, 0.1) is 23.3 Å². The Morgan fingerprint density at radius 1 is 0.476 bits per heavy atom. The molecule has 0 unspecified atom stereocenters. The van der Waals surface area contributed by atoms with E-state index in [0.29, 0.717) is 11.1 Å². The Kier molecular flexibility index (Phi) is 5.44. The quantitative estimate of drug-likeness (QED) is 0.219. The van der Waals surface area contributed by atoms with Crippen LogP contribution in [0.1, 0.15) is 11.1 Å². The number of nitrogens with zero attached hydrogens (tertiary/aromatic N) is 2. The van der Waals surface area contributed by atoms with Crippen LogP contribution in [0.5, 0.6) is 0 Å². The molecule has 0 bridgehead atoms. The summed E-state index contributed by atoms with van der Waals surface area (Å²) in [6.07, 6.45) is 0. The molecule has 0 saturated heterocycles. The third kappa shape index (κ3) is 3.79. The number of hydrogen-bond acceptors (Lipinski definition) is 4. The maximum atomic E-state index is 9.82. The first-order valence-corrected chi connectivity index (χ1v) is 14.4. The lowest BCUT2D eigenvalue weighted by Gasteiger charge is -2.17. The van der Waals surface area contributed by atoms with Gasteiger partial charge in [-0.2, -0.15) is 10.5 Å². The van der Waals surface area contributed by atoms with E-state index < -0.39 is 0 Å². The van der Waals surface area contributed by atoms with Gasteiger partial charge in [-0.05, 0) is 88.0 Å². The molecular weight excluding hydrogens is 532 g/mol. The van der Waals surface area contributed by atoms with E-state index in [2.05, 4.69) is 91.0 Å². The van der Waals surface area contributed by atoms with E-state index in [1.807, 2.05) is 36.4 Å².